The monoisotopic (exact) mass is 251 g/mol. The lowest BCUT2D eigenvalue weighted by molar-refractivity contribution is -0.130. The molecule has 4 nitrogen and oxygen atoms in total. The largest absolute Gasteiger partial charge is 0.341 e. The number of carbonyl (C=O) groups excluding carboxylic acids is 1. The van der Waals surface area contributed by atoms with Crippen molar-refractivity contribution in [3.63, 3.8) is 0 Å². The molecule has 1 amide bonds. The molecule has 2 atom stereocenters. The fourth-order valence-corrected chi connectivity index (χ4v) is 3.34. The summed E-state index contributed by atoms with van der Waals surface area (Å²) in [5.74, 6) is 1.04. The van der Waals surface area contributed by atoms with E-state index < -0.39 is 0 Å². The Morgan fingerprint density at radius 2 is 2.06 bits per heavy atom. The Kier molecular flexibility index (Phi) is 3.57. The van der Waals surface area contributed by atoms with Crippen molar-refractivity contribution >= 4 is 5.91 Å². The molecule has 18 heavy (non-hydrogen) atoms. The number of nitrogens with zero attached hydrogens (tertiary/aromatic N) is 2. The molecule has 3 aliphatic rings. The van der Waals surface area contributed by atoms with Crippen LogP contribution in [0.3, 0.4) is 0 Å². The molecule has 3 rings (SSSR count). The van der Waals surface area contributed by atoms with Gasteiger partial charge in [0.15, 0.2) is 0 Å². The average Bonchev–Trinajstić information content (AvgIpc) is 3.10. The first kappa shape index (κ1) is 12.4. The molecule has 2 aliphatic heterocycles. The molecule has 2 heterocycles. The first-order valence-electron chi connectivity index (χ1n) is 7.46. The smallest absolute Gasteiger partial charge is 0.239 e. The summed E-state index contributed by atoms with van der Waals surface area (Å²) in [5.41, 5.74) is 0. The summed E-state index contributed by atoms with van der Waals surface area (Å²) in [6, 6.07) is 0.763. The predicted molar refractivity (Wildman–Crippen MR) is 71.4 cm³/mol. The zero-order valence-corrected chi connectivity index (χ0v) is 11.4. The molecular formula is C14H25N3O. The van der Waals surface area contributed by atoms with Gasteiger partial charge in [-0.2, -0.15) is 0 Å². The lowest BCUT2D eigenvalue weighted by Crippen LogP contribution is -2.43. The van der Waals surface area contributed by atoms with Gasteiger partial charge in [0.1, 0.15) is 0 Å². The highest BCUT2D eigenvalue weighted by Crippen LogP contribution is 2.24. The van der Waals surface area contributed by atoms with Crippen LogP contribution in [0.1, 0.15) is 32.1 Å². The van der Waals surface area contributed by atoms with Crippen LogP contribution >= 0.6 is 0 Å². The van der Waals surface area contributed by atoms with Crippen molar-refractivity contribution in [2.24, 2.45) is 5.92 Å². The van der Waals surface area contributed by atoms with Gasteiger partial charge in [-0.1, -0.05) is 0 Å². The highest BCUT2D eigenvalue weighted by molar-refractivity contribution is 5.84. The molecule has 2 saturated heterocycles. The highest BCUT2D eigenvalue weighted by atomic mass is 16.2. The van der Waals surface area contributed by atoms with Crippen molar-refractivity contribution in [1.29, 1.82) is 0 Å². The summed E-state index contributed by atoms with van der Waals surface area (Å²) < 4.78 is 0. The Bertz CT molecular complexity index is 316. The van der Waals surface area contributed by atoms with Crippen molar-refractivity contribution in [1.82, 2.24) is 15.1 Å². The van der Waals surface area contributed by atoms with E-state index >= 15 is 0 Å². The summed E-state index contributed by atoms with van der Waals surface area (Å²) >= 11 is 0. The normalized spacial score (nSPS) is 34.3. The lowest BCUT2D eigenvalue weighted by atomic mass is 9.98. The van der Waals surface area contributed by atoms with Gasteiger partial charge in [-0.05, 0) is 51.6 Å². The maximum Gasteiger partial charge on any atom is 0.239 e. The van der Waals surface area contributed by atoms with Crippen molar-refractivity contribution in [2.45, 2.75) is 44.2 Å². The van der Waals surface area contributed by atoms with E-state index in [4.69, 9.17) is 0 Å². The summed E-state index contributed by atoms with van der Waals surface area (Å²) in [6.45, 7) is 4.32. The van der Waals surface area contributed by atoms with Gasteiger partial charge in [-0.15, -0.1) is 0 Å². The molecule has 1 N–H and O–H groups in total. The van der Waals surface area contributed by atoms with Crippen LogP contribution in [0.25, 0.3) is 0 Å². The van der Waals surface area contributed by atoms with Crippen molar-refractivity contribution in [3.05, 3.63) is 0 Å². The SMILES string of the molecule is CN1CCCC(CN2CCC(NC3CC3)C2=O)C1. The Balaban J connectivity index is 1.49. The quantitative estimate of drug-likeness (QED) is 0.798. The third kappa shape index (κ3) is 2.86. The van der Waals surface area contributed by atoms with Gasteiger partial charge in [-0.3, -0.25) is 4.79 Å². The Labute approximate surface area is 110 Å². The molecule has 0 aromatic carbocycles. The zero-order chi connectivity index (χ0) is 12.5. The first-order valence-corrected chi connectivity index (χ1v) is 7.46. The van der Waals surface area contributed by atoms with Crippen molar-refractivity contribution in [3.8, 4) is 0 Å². The number of carbonyl (C=O) groups is 1. The number of likely N-dealkylation sites (tertiary alicyclic amines) is 2. The van der Waals surface area contributed by atoms with E-state index in [1.54, 1.807) is 0 Å². The number of rotatable bonds is 4. The molecule has 4 heteroatoms. The van der Waals surface area contributed by atoms with E-state index in [9.17, 15) is 4.79 Å². The van der Waals surface area contributed by atoms with Crippen LogP contribution in [0.5, 0.6) is 0 Å². The van der Waals surface area contributed by atoms with E-state index in [1.165, 1.54) is 32.2 Å². The number of hydrogen-bond donors (Lipinski definition) is 1. The molecule has 0 aromatic heterocycles. The van der Waals surface area contributed by atoms with Crippen LogP contribution in [-0.2, 0) is 4.79 Å². The van der Waals surface area contributed by atoms with Gasteiger partial charge in [0.05, 0.1) is 6.04 Å². The molecule has 0 bridgehead atoms. The Hall–Kier alpha value is -0.610. The molecule has 102 valence electrons. The molecule has 2 unspecified atom stereocenters. The zero-order valence-electron chi connectivity index (χ0n) is 11.4. The molecule has 1 saturated carbocycles. The second-order valence-corrected chi connectivity index (χ2v) is 6.34. The maximum absolute atomic E-state index is 12.3. The Morgan fingerprint density at radius 3 is 2.78 bits per heavy atom. The molecule has 3 fully saturated rings. The fourth-order valence-electron chi connectivity index (χ4n) is 3.34. The lowest BCUT2D eigenvalue weighted by Gasteiger charge is -2.32. The first-order chi connectivity index (χ1) is 8.72. The summed E-state index contributed by atoms with van der Waals surface area (Å²) in [4.78, 5) is 16.8. The van der Waals surface area contributed by atoms with E-state index in [0.717, 1.165) is 26.1 Å². The van der Waals surface area contributed by atoms with E-state index in [-0.39, 0.29) is 6.04 Å². The van der Waals surface area contributed by atoms with Gasteiger partial charge in [0.25, 0.3) is 0 Å². The average molecular weight is 251 g/mol. The second kappa shape index (κ2) is 5.17. The highest BCUT2D eigenvalue weighted by Gasteiger charge is 2.36. The third-order valence-electron chi connectivity index (χ3n) is 4.51. The van der Waals surface area contributed by atoms with E-state index in [2.05, 4.69) is 22.2 Å². The standard InChI is InChI=1S/C14H25N3O/c1-16-7-2-3-11(9-16)10-17-8-6-13(14(17)18)15-12-4-5-12/h11-13,15H,2-10H2,1H3. The maximum atomic E-state index is 12.3. The number of hydrogen-bond acceptors (Lipinski definition) is 3. The minimum absolute atomic E-state index is 0.124. The number of piperidine rings is 1. The minimum atomic E-state index is 0.124. The predicted octanol–water partition coefficient (Wildman–Crippen LogP) is 0.681. The van der Waals surface area contributed by atoms with Crippen LogP contribution in [-0.4, -0.2) is 61.0 Å². The summed E-state index contributed by atoms with van der Waals surface area (Å²) in [6.07, 6.45) is 6.11. The van der Waals surface area contributed by atoms with Crippen LogP contribution in [0.2, 0.25) is 0 Å². The van der Waals surface area contributed by atoms with Gasteiger partial charge in [0.2, 0.25) is 5.91 Å². The van der Waals surface area contributed by atoms with E-state index in [0.29, 0.717) is 17.9 Å². The van der Waals surface area contributed by atoms with Gasteiger partial charge in [0, 0.05) is 25.7 Å². The molecule has 0 aromatic rings. The Morgan fingerprint density at radius 1 is 1.22 bits per heavy atom. The van der Waals surface area contributed by atoms with Crippen LogP contribution < -0.4 is 5.32 Å². The van der Waals surface area contributed by atoms with Crippen molar-refractivity contribution < 1.29 is 4.79 Å². The minimum Gasteiger partial charge on any atom is -0.341 e. The van der Waals surface area contributed by atoms with Crippen LogP contribution in [0.15, 0.2) is 0 Å². The second-order valence-electron chi connectivity index (χ2n) is 6.34. The van der Waals surface area contributed by atoms with Gasteiger partial charge in [-0.25, -0.2) is 0 Å². The fraction of sp³-hybridized carbons (Fsp3) is 0.929. The molecule has 1 aliphatic carbocycles. The molecule has 0 spiro atoms. The topological polar surface area (TPSA) is 35.6 Å². The van der Waals surface area contributed by atoms with Gasteiger partial charge < -0.3 is 15.1 Å². The van der Waals surface area contributed by atoms with E-state index in [1.807, 2.05) is 0 Å². The van der Waals surface area contributed by atoms with Crippen LogP contribution in [0.4, 0.5) is 0 Å². The summed E-state index contributed by atoms with van der Waals surface area (Å²) in [5, 5.41) is 3.48. The number of nitrogens with one attached hydrogen (secondary N) is 1. The number of amides is 1. The van der Waals surface area contributed by atoms with Gasteiger partial charge >= 0.3 is 0 Å². The third-order valence-corrected chi connectivity index (χ3v) is 4.51. The van der Waals surface area contributed by atoms with Crippen molar-refractivity contribution in [2.75, 3.05) is 33.2 Å². The summed E-state index contributed by atoms with van der Waals surface area (Å²) in [7, 11) is 2.19. The molecular weight excluding hydrogens is 226 g/mol. The van der Waals surface area contributed by atoms with Crippen LogP contribution in [0, 0.1) is 5.92 Å². The molecule has 0 radical (unpaired) electrons.